The van der Waals surface area contributed by atoms with Crippen molar-refractivity contribution in [1.82, 2.24) is 15.0 Å². The van der Waals surface area contributed by atoms with Gasteiger partial charge >= 0.3 is 0 Å². The summed E-state index contributed by atoms with van der Waals surface area (Å²) in [5.41, 5.74) is 3.34. The Bertz CT molecular complexity index is 640. The highest BCUT2D eigenvalue weighted by Crippen LogP contribution is 2.20. The highest BCUT2D eigenvalue weighted by molar-refractivity contribution is 5.71. The van der Waals surface area contributed by atoms with E-state index in [-0.39, 0.29) is 0 Å². The largest absolute Gasteiger partial charge is 0.217 e. The number of hydrogen-bond acceptors (Lipinski definition) is 3. The molecule has 0 saturated carbocycles. The van der Waals surface area contributed by atoms with E-state index in [1.54, 1.807) is 6.33 Å². The lowest BCUT2D eigenvalue weighted by Crippen LogP contribution is -1.98. The minimum atomic E-state index is 0.727. The molecular weight excluding hydrogens is 258 g/mol. The first-order valence-corrected chi connectivity index (χ1v) is 7.46. The van der Waals surface area contributed by atoms with Crippen LogP contribution in [0.1, 0.15) is 38.1 Å². The molecule has 3 rings (SSSR count). The van der Waals surface area contributed by atoms with Gasteiger partial charge in [-0.05, 0) is 19.8 Å². The van der Waals surface area contributed by atoms with Gasteiger partial charge in [0.15, 0.2) is 11.6 Å². The topological polar surface area (TPSA) is 38.7 Å². The molecule has 1 heterocycles. The van der Waals surface area contributed by atoms with Crippen molar-refractivity contribution < 1.29 is 0 Å². The van der Waals surface area contributed by atoms with E-state index in [0.29, 0.717) is 0 Å². The number of rotatable bonds is 2. The van der Waals surface area contributed by atoms with E-state index in [1.165, 1.54) is 5.56 Å². The molecule has 1 aromatic carbocycles. The molecule has 0 amide bonds. The fourth-order valence-electron chi connectivity index (χ4n) is 2.06. The first-order chi connectivity index (χ1) is 10.3. The van der Waals surface area contributed by atoms with E-state index in [9.17, 15) is 0 Å². The third-order valence-electron chi connectivity index (χ3n) is 3.13. The van der Waals surface area contributed by atoms with Crippen LogP contribution >= 0.6 is 0 Å². The minimum Gasteiger partial charge on any atom is -0.217 e. The van der Waals surface area contributed by atoms with Crippen LogP contribution in [-0.2, 0) is 0 Å². The molecule has 1 aromatic heterocycles. The molecule has 0 aliphatic heterocycles. The Labute approximate surface area is 126 Å². The molecular formula is C18H21N3. The van der Waals surface area contributed by atoms with Crippen molar-refractivity contribution in [2.45, 2.75) is 33.6 Å². The molecule has 1 aliphatic carbocycles. The molecule has 3 heteroatoms. The standard InChI is InChI=1S/C16H15N3.C2H6/c1-12-7-9-14(10-8-12)16-18-11-17-15(19-16)13-5-3-2-4-6-13;1-2/h3,5-11H,2,4H2,1H3;1-2H3. The molecule has 0 saturated heterocycles. The molecule has 0 radical (unpaired) electrons. The van der Waals surface area contributed by atoms with E-state index in [4.69, 9.17) is 0 Å². The Balaban J connectivity index is 0.000000774. The predicted molar refractivity (Wildman–Crippen MR) is 87.7 cm³/mol. The number of benzene rings is 1. The summed E-state index contributed by atoms with van der Waals surface area (Å²) in [6, 6.07) is 8.22. The zero-order valence-corrected chi connectivity index (χ0v) is 12.9. The fourth-order valence-corrected chi connectivity index (χ4v) is 2.06. The van der Waals surface area contributed by atoms with Crippen LogP contribution in [0.5, 0.6) is 0 Å². The second-order valence-electron chi connectivity index (χ2n) is 4.64. The summed E-state index contributed by atoms with van der Waals surface area (Å²) in [5, 5.41) is 0. The van der Waals surface area contributed by atoms with E-state index in [1.807, 2.05) is 26.0 Å². The number of aryl methyl sites for hydroxylation is 1. The second kappa shape index (κ2) is 7.48. The fraction of sp³-hybridized carbons (Fsp3) is 0.278. The first kappa shape index (κ1) is 15.1. The van der Waals surface area contributed by atoms with Crippen molar-refractivity contribution in [2.24, 2.45) is 0 Å². The summed E-state index contributed by atoms with van der Waals surface area (Å²) in [6.07, 6.45) is 10.1. The van der Waals surface area contributed by atoms with Gasteiger partial charge in [-0.25, -0.2) is 15.0 Å². The van der Waals surface area contributed by atoms with E-state index >= 15 is 0 Å². The average Bonchev–Trinajstić information content (AvgIpc) is 2.58. The zero-order chi connectivity index (χ0) is 15.1. The summed E-state index contributed by atoms with van der Waals surface area (Å²) in [6.45, 7) is 6.07. The summed E-state index contributed by atoms with van der Waals surface area (Å²) in [5.74, 6) is 1.48. The van der Waals surface area contributed by atoms with Crippen LogP contribution in [0.2, 0.25) is 0 Å². The van der Waals surface area contributed by atoms with Crippen LogP contribution in [0.3, 0.4) is 0 Å². The number of aromatic nitrogens is 3. The van der Waals surface area contributed by atoms with E-state index in [0.717, 1.165) is 35.6 Å². The van der Waals surface area contributed by atoms with Crippen molar-refractivity contribution in [3.8, 4) is 11.4 Å². The molecule has 0 fully saturated rings. The Morgan fingerprint density at radius 2 is 1.62 bits per heavy atom. The van der Waals surface area contributed by atoms with Gasteiger partial charge in [0, 0.05) is 11.1 Å². The van der Waals surface area contributed by atoms with Crippen molar-refractivity contribution >= 4 is 5.57 Å². The molecule has 1 aliphatic rings. The lowest BCUT2D eigenvalue weighted by atomic mass is 10.1. The van der Waals surface area contributed by atoms with Crippen molar-refractivity contribution in [3.63, 3.8) is 0 Å². The van der Waals surface area contributed by atoms with Crippen molar-refractivity contribution in [1.29, 1.82) is 0 Å². The smallest absolute Gasteiger partial charge is 0.163 e. The number of allylic oxidation sites excluding steroid dienone is 4. The highest BCUT2D eigenvalue weighted by atomic mass is 15.0. The van der Waals surface area contributed by atoms with E-state index < -0.39 is 0 Å². The van der Waals surface area contributed by atoms with Crippen molar-refractivity contribution in [3.05, 3.63) is 60.2 Å². The van der Waals surface area contributed by atoms with Gasteiger partial charge in [0.05, 0.1) is 0 Å². The van der Waals surface area contributed by atoms with E-state index in [2.05, 4.69) is 52.2 Å². The minimum absolute atomic E-state index is 0.727. The van der Waals surface area contributed by atoms with Gasteiger partial charge in [-0.1, -0.05) is 61.9 Å². The lowest BCUT2D eigenvalue weighted by Gasteiger charge is -2.06. The number of nitrogens with zero attached hydrogens (tertiary/aromatic N) is 3. The van der Waals surface area contributed by atoms with Crippen LogP contribution in [0, 0.1) is 6.92 Å². The summed E-state index contributed by atoms with van der Waals surface area (Å²) in [4.78, 5) is 13.1. The first-order valence-electron chi connectivity index (χ1n) is 7.46. The van der Waals surface area contributed by atoms with Gasteiger partial charge in [0.1, 0.15) is 6.33 Å². The summed E-state index contributed by atoms with van der Waals surface area (Å²) >= 11 is 0. The van der Waals surface area contributed by atoms with Gasteiger partial charge in [-0.15, -0.1) is 0 Å². The Morgan fingerprint density at radius 1 is 0.905 bits per heavy atom. The molecule has 0 atom stereocenters. The predicted octanol–water partition coefficient (Wildman–Crippen LogP) is 4.61. The van der Waals surface area contributed by atoms with Gasteiger partial charge in [-0.2, -0.15) is 0 Å². The SMILES string of the molecule is CC.Cc1ccc(-c2ncnc(C3=CCCC=C3)n2)cc1. The van der Waals surface area contributed by atoms with Gasteiger partial charge in [0.25, 0.3) is 0 Å². The maximum atomic E-state index is 4.55. The van der Waals surface area contributed by atoms with Crippen LogP contribution in [0.25, 0.3) is 17.0 Å². The zero-order valence-electron chi connectivity index (χ0n) is 12.9. The van der Waals surface area contributed by atoms with Crippen molar-refractivity contribution in [2.75, 3.05) is 0 Å². The van der Waals surface area contributed by atoms with Gasteiger partial charge in [-0.3, -0.25) is 0 Å². The molecule has 3 nitrogen and oxygen atoms in total. The molecule has 0 bridgehead atoms. The lowest BCUT2D eigenvalue weighted by molar-refractivity contribution is 1.00. The van der Waals surface area contributed by atoms with Crippen LogP contribution < -0.4 is 0 Å². The third kappa shape index (κ3) is 3.85. The van der Waals surface area contributed by atoms with Gasteiger partial charge < -0.3 is 0 Å². The van der Waals surface area contributed by atoms with Gasteiger partial charge in [0.2, 0.25) is 0 Å². The molecule has 108 valence electrons. The summed E-state index contributed by atoms with van der Waals surface area (Å²) in [7, 11) is 0. The molecule has 2 aromatic rings. The number of hydrogen-bond donors (Lipinski definition) is 0. The molecule has 21 heavy (non-hydrogen) atoms. The molecule has 0 N–H and O–H groups in total. The third-order valence-corrected chi connectivity index (χ3v) is 3.13. The maximum Gasteiger partial charge on any atom is 0.163 e. The molecule has 0 spiro atoms. The quantitative estimate of drug-likeness (QED) is 0.806. The van der Waals surface area contributed by atoms with Crippen LogP contribution in [-0.4, -0.2) is 15.0 Å². The second-order valence-corrected chi connectivity index (χ2v) is 4.64. The average molecular weight is 279 g/mol. The monoisotopic (exact) mass is 279 g/mol. The summed E-state index contributed by atoms with van der Waals surface area (Å²) < 4.78 is 0. The highest BCUT2D eigenvalue weighted by Gasteiger charge is 2.07. The maximum absolute atomic E-state index is 4.55. The molecule has 0 unspecified atom stereocenters. The Hall–Kier alpha value is -2.29. The Morgan fingerprint density at radius 3 is 2.29 bits per heavy atom. The van der Waals surface area contributed by atoms with Crippen LogP contribution in [0.15, 0.2) is 48.8 Å². The normalized spacial score (nSPS) is 13.2. The van der Waals surface area contributed by atoms with Crippen LogP contribution in [0.4, 0.5) is 0 Å². The Kier molecular flexibility index (Phi) is 5.38.